The molecule has 2 rings (SSSR count). The molecule has 13 heavy (non-hydrogen) atoms. The minimum atomic E-state index is 0.236. The Labute approximate surface area is 78.2 Å². The molecule has 0 aromatic rings. The molecule has 1 heterocycles. The fourth-order valence-electron chi connectivity index (χ4n) is 1.86. The lowest BCUT2D eigenvalue weighted by atomic mass is 9.96. The van der Waals surface area contributed by atoms with Gasteiger partial charge in [-0.3, -0.25) is 4.99 Å². The Balaban J connectivity index is 2.33. The molecule has 0 fully saturated rings. The first kappa shape index (κ1) is 8.35. The lowest BCUT2D eigenvalue weighted by molar-refractivity contribution is 0.296. The highest BCUT2D eigenvalue weighted by Gasteiger charge is 2.30. The normalized spacial score (nSPS) is 31.2. The third-order valence-corrected chi connectivity index (χ3v) is 2.56. The SMILES string of the molecule is COC1=C(C)C2N=C(C)NC2C=C1. The van der Waals surface area contributed by atoms with Gasteiger partial charge in [0.2, 0.25) is 0 Å². The number of nitrogens with zero attached hydrogens (tertiary/aromatic N) is 1. The van der Waals surface area contributed by atoms with E-state index in [-0.39, 0.29) is 6.04 Å². The number of hydrogen-bond acceptors (Lipinski definition) is 3. The fraction of sp³-hybridized carbons (Fsp3) is 0.500. The molecule has 2 unspecified atom stereocenters. The van der Waals surface area contributed by atoms with Crippen LogP contribution < -0.4 is 5.32 Å². The van der Waals surface area contributed by atoms with Crippen molar-refractivity contribution in [3.63, 3.8) is 0 Å². The maximum absolute atomic E-state index is 5.24. The summed E-state index contributed by atoms with van der Waals surface area (Å²) in [5.74, 6) is 1.96. The van der Waals surface area contributed by atoms with Gasteiger partial charge in [0.05, 0.1) is 19.0 Å². The van der Waals surface area contributed by atoms with Gasteiger partial charge in [0.15, 0.2) is 0 Å². The first-order valence-corrected chi connectivity index (χ1v) is 4.46. The van der Waals surface area contributed by atoms with Gasteiger partial charge in [-0.05, 0) is 25.5 Å². The third kappa shape index (κ3) is 1.24. The van der Waals surface area contributed by atoms with Crippen molar-refractivity contribution in [3.05, 3.63) is 23.5 Å². The van der Waals surface area contributed by atoms with E-state index in [0.29, 0.717) is 6.04 Å². The van der Waals surface area contributed by atoms with Crippen LogP contribution in [0.2, 0.25) is 0 Å². The van der Waals surface area contributed by atoms with Crippen LogP contribution in [-0.4, -0.2) is 25.0 Å². The molecule has 0 bridgehead atoms. The molecular formula is C10H14N2O. The smallest absolute Gasteiger partial charge is 0.119 e. The van der Waals surface area contributed by atoms with Crippen molar-refractivity contribution in [2.75, 3.05) is 7.11 Å². The minimum absolute atomic E-state index is 0.236. The van der Waals surface area contributed by atoms with E-state index in [0.717, 1.165) is 11.6 Å². The average molecular weight is 178 g/mol. The molecule has 0 radical (unpaired) electrons. The molecule has 0 aromatic heterocycles. The fourth-order valence-corrected chi connectivity index (χ4v) is 1.86. The topological polar surface area (TPSA) is 33.6 Å². The molecule has 2 aliphatic rings. The highest BCUT2D eigenvalue weighted by molar-refractivity contribution is 5.83. The molecule has 70 valence electrons. The van der Waals surface area contributed by atoms with E-state index >= 15 is 0 Å². The van der Waals surface area contributed by atoms with Gasteiger partial charge in [0.25, 0.3) is 0 Å². The largest absolute Gasteiger partial charge is 0.497 e. The van der Waals surface area contributed by atoms with Gasteiger partial charge in [-0.1, -0.05) is 6.08 Å². The van der Waals surface area contributed by atoms with E-state index in [4.69, 9.17) is 4.74 Å². The van der Waals surface area contributed by atoms with E-state index in [2.05, 4.69) is 23.3 Å². The van der Waals surface area contributed by atoms with Crippen LogP contribution in [0.1, 0.15) is 13.8 Å². The zero-order valence-electron chi connectivity index (χ0n) is 8.16. The molecule has 0 saturated heterocycles. The third-order valence-electron chi connectivity index (χ3n) is 2.56. The summed E-state index contributed by atoms with van der Waals surface area (Å²) in [4.78, 5) is 4.51. The van der Waals surface area contributed by atoms with Gasteiger partial charge >= 0.3 is 0 Å². The lowest BCUT2D eigenvalue weighted by Gasteiger charge is -2.21. The summed E-state index contributed by atoms with van der Waals surface area (Å²) in [7, 11) is 1.70. The first-order chi connectivity index (χ1) is 6.22. The van der Waals surface area contributed by atoms with Gasteiger partial charge in [-0.2, -0.15) is 0 Å². The Morgan fingerprint density at radius 2 is 2.23 bits per heavy atom. The van der Waals surface area contributed by atoms with Crippen LogP contribution in [0.15, 0.2) is 28.5 Å². The number of hydrogen-bond donors (Lipinski definition) is 1. The second-order valence-corrected chi connectivity index (χ2v) is 3.44. The first-order valence-electron chi connectivity index (χ1n) is 4.46. The van der Waals surface area contributed by atoms with Crippen LogP contribution in [0, 0.1) is 0 Å². The number of methoxy groups -OCH3 is 1. The predicted octanol–water partition coefficient (Wildman–Crippen LogP) is 1.24. The lowest BCUT2D eigenvalue weighted by Crippen LogP contribution is -2.34. The molecule has 0 saturated carbocycles. The van der Waals surface area contributed by atoms with Gasteiger partial charge in [0.1, 0.15) is 11.8 Å². The Morgan fingerprint density at radius 3 is 2.92 bits per heavy atom. The van der Waals surface area contributed by atoms with Gasteiger partial charge in [-0.15, -0.1) is 0 Å². The summed E-state index contributed by atoms with van der Waals surface area (Å²) in [5.41, 5.74) is 1.21. The monoisotopic (exact) mass is 178 g/mol. The molecular weight excluding hydrogens is 164 g/mol. The van der Waals surface area contributed by atoms with Crippen molar-refractivity contribution >= 4 is 5.84 Å². The summed E-state index contributed by atoms with van der Waals surface area (Å²) in [6.45, 7) is 4.07. The summed E-state index contributed by atoms with van der Waals surface area (Å²) in [5, 5.41) is 3.30. The molecule has 1 N–H and O–H groups in total. The van der Waals surface area contributed by atoms with Crippen LogP contribution in [0.3, 0.4) is 0 Å². The van der Waals surface area contributed by atoms with Crippen molar-refractivity contribution < 1.29 is 4.74 Å². The number of nitrogens with one attached hydrogen (secondary N) is 1. The molecule has 2 atom stereocenters. The predicted molar refractivity (Wildman–Crippen MR) is 52.7 cm³/mol. The summed E-state index contributed by atoms with van der Waals surface area (Å²) >= 11 is 0. The maximum atomic E-state index is 5.24. The second kappa shape index (κ2) is 2.91. The number of ether oxygens (including phenoxy) is 1. The number of amidine groups is 1. The minimum Gasteiger partial charge on any atom is -0.497 e. The average Bonchev–Trinajstić information content (AvgIpc) is 2.47. The Bertz CT molecular complexity index is 315. The standard InChI is InChI=1S/C10H14N2O/c1-6-9(13-3)5-4-8-10(6)12-7(2)11-8/h4-5,8,10H,1-3H3,(H,11,12). The van der Waals surface area contributed by atoms with Gasteiger partial charge < -0.3 is 10.1 Å². The van der Waals surface area contributed by atoms with Crippen LogP contribution >= 0.6 is 0 Å². The molecule has 3 nitrogen and oxygen atoms in total. The van der Waals surface area contributed by atoms with Crippen molar-refractivity contribution in [1.82, 2.24) is 5.32 Å². The van der Waals surface area contributed by atoms with E-state index in [9.17, 15) is 0 Å². The molecule has 3 heteroatoms. The van der Waals surface area contributed by atoms with Crippen molar-refractivity contribution in [1.29, 1.82) is 0 Å². The summed E-state index contributed by atoms with van der Waals surface area (Å²) in [6, 6.07) is 0.568. The number of fused-ring (bicyclic) bond motifs is 1. The van der Waals surface area contributed by atoms with Gasteiger partial charge in [-0.25, -0.2) is 0 Å². The van der Waals surface area contributed by atoms with E-state index in [1.54, 1.807) is 7.11 Å². The second-order valence-electron chi connectivity index (χ2n) is 3.44. The Kier molecular flexibility index (Phi) is 1.87. The van der Waals surface area contributed by atoms with Crippen LogP contribution in [0.5, 0.6) is 0 Å². The molecule has 0 spiro atoms. The van der Waals surface area contributed by atoms with Crippen LogP contribution in [-0.2, 0) is 4.74 Å². The van der Waals surface area contributed by atoms with Crippen LogP contribution in [0.25, 0.3) is 0 Å². The summed E-state index contributed by atoms with van der Waals surface area (Å²) in [6.07, 6.45) is 4.12. The molecule has 1 aliphatic heterocycles. The van der Waals surface area contributed by atoms with Crippen molar-refractivity contribution in [2.45, 2.75) is 25.9 Å². The van der Waals surface area contributed by atoms with Gasteiger partial charge in [0, 0.05) is 0 Å². The zero-order chi connectivity index (χ0) is 9.42. The summed E-state index contributed by atoms with van der Waals surface area (Å²) < 4.78 is 5.24. The van der Waals surface area contributed by atoms with E-state index < -0.39 is 0 Å². The van der Waals surface area contributed by atoms with Crippen molar-refractivity contribution in [3.8, 4) is 0 Å². The number of aliphatic imine (C=N–C) groups is 1. The highest BCUT2D eigenvalue weighted by atomic mass is 16.5. The quantitative estimate of drug-likeness (QED) is 0.655. The Hall–Kier alpha value is -1.25. The molecule has 0 aromatic carbocycles. The van der Waals surface area contributed by atoms with Crippen molar-refractivity contribution in [2.24, 2.45) is 4.99 Å². The highest BCUT2D eigenvalue weighted by Crippen LogP contribution is 2.25. The molecule has 0 amide bonds. The Morgan fingerprint density at radius 1 is 1.46 bits per heavy atom. The van der Waals surface area contributed by atoms with E-state index in [1.807, 2.05) is 13.0 Å². The number of allylic oxidation sites excluding steroid dienone is 1. The number of rotatable bonds is 1. The zero-order valence-corrected chi connectivity index (χ0v) is 8.16. The maximum Gasteiger partial charge on any atom is 0.119 e. The molecule has 1 aliphatic carbocycles. The van der Waals surface area contributed by atoms with E-state index in [1.165, 1.54) is 5.57 Å². The van der Waals surface area contributed by atoms with Crippen LogP contribution in [0.4, 0.5) is 0 Å².